The van der Waals surface area contributed by atoms with Gasteiger partial charge in [0, 0.05) is 51.5 Å². The second kappa shape index (κ2) is 10.5. The van der Waals surface area contributed by atoms with Crippen molar-refractivity contribution in [3.05, 3.63) is 58.3 Å². The van der Waals surface area contributed by atoms with Crippen molar-refractivity contribution in [1.82, 2.24) is 9.88 Å². The highest BCUT2D eigenvalue weighted by atomic mass is 16.6. The van der Waals surface area contributed by atoms with Crippen molar-refractivity contribution in [3.8, 4) is 0 Å². The fourth-order valence-electron chi connectivity index (χ4n) is 4.34. The molecule has 2 fully saturated rings. The van der Waals surface area contributed by atoms with Crippen molar-refractivity contribution in [2.24, 2.45) is 5.92 Å². The molecule has 10 nitrogen and oxygen atoms in total. The van der Waals surface area contributed by atoms with Crippen LogP contribution in [0.1, 0.15) is 30.1 Å². The van der Waals surface area contributed by atoms with E-state index in [0.29, 0.717) is 37.8 Å². The average molecular weight is 468 g/mol. The van der Waals surface area contributed by atoms with Gasteiger partial charge in [-0.1, -0.05) is 13.0 Å². The van der Waals surface area contributed by atoms with Gasteiger partial charge in [0.05, 0.1) is 10.5 Å². The van der Waals surface area contributed by atoms with Gasteiger partial charge in [-0.25, -0.2) is 9.78 Å². The zero-order valence-corrected chi connectivity index (χ0v) is 19.3. The maximum Gasteiger partial charge on any atom is 0.338 e. The van der Waals surface area contributed by atoms with Crippen molar-refractivity contribution < 1.29 is 19.2 Å². The Bertz CT molecular complexity index is 1030. The van der Waals surface area contributed by atoms with E-state index in [2.05, 4.69) is 16.8 Å². The Hall–Kier alpha value is -3.69. The van der Waals surface area contributed by atoms with E-state index in [9.17, 15) is 19.7 Å². The monoisotopic (exact) mass is 467 g/mol. The van der Waals surface area contributed by atoms with Gasteiger partial charge in [0.15, 0.2) is 6.61 Å². The molecule has 1 aromatic carbocycles. The highest BCUT2D eigenvalue weighted by Gasteiger charge is 2.26. The second-order valence-electron chi connectivity index (χ2n) is 8.76. The first kappa shape index (κ1) is 23.5. The van der Waals surface area contributed by atoms with Crippen LogP contribution in [0.2, 0.25) is 0 Å². The van der Waals surface area contributed by atoms with Crippen LogP contribution < -0.4 is 9.80 Å². The van der Waals surface area contributed by atoms with Crippen molar-refractivity contribution in [3.63, 3.8) is 0 Å². The van der Waals surface area contributed by atoms with Crippen LogP contribution in [0.5, 0.6) is 0 Å². The van der Waals surface area contributed by atoms with Gasteiger partial charge in [0.25, 0.3) is 11.6 Å². The largest absolute Gasteiger partial charge is 0.452 e. The second-order valence-corrected chi connectivity index (χ2v) is 8.76. The van der Waals surface area contributed by atoms with E-state index in [0.717, 1.165) is 31.7 Å². The molecule has 2 saturated heterocycles. The van der Waals surface area contributed by atoms with E-state index >= 15 is 0 Å². The number of hydrogen-bond donors (Lipinski definition) is 0. The zero-order chi connectivity index (χ0) is 24.1. The molecule has 0 atom stereocenters. The Kier molecular flexibility index (Phi) is 7.24. The lowest BCUT2D eigenvalue weighted by Gasteiger charge is -2.35. The summed E-state index contributed by atoms with van der Waals surface area (Å²) in [5, 5.41) is 11.7. The molecule has 0 N–H and O–H groups in total. The molecule has 0 radical (unpaired) electrons. The number of piperidine rings is 1. The Morgan fingerprint density at radius 1 is 1.06 bits per heavy atom. The van der Waals surface area contributed by atoms with Crippen LogP contribution in [-0.2, 0) is 9.53 Å². The molecule has 0 spiro atoms. The molecule has 3 heterocycles. The Labute approximate surface area is 198 Å². The highest BCUT2D eigenvalue weighted by Crippen LogP contribution is 2.32. The van der Waals surface area contributed by atoms with Crippen LogP contribution in [-0.4, -0.2) is 72.6 Å². The molecule has 2 aliphatic rings. The molecule has 0 unspecified atom stereocenters. The highest BCUT2D eigenvalue weighted by molar-refractivity contribution is 5.93. The molecule has 0 aliphatic carbocycles. The normalized spacial score (nSPS) is 16.9. The van der Waals surface area contributed by atoms with Crippen molar-refractivity contribution in [1.29, 1.82) is 0 Å². The standard InChI is InChI=1S/C24H29N5O5/c1-18-7-10-26(11-8-18)20-6-5-19(16-21(20)29(32)33)24(31)34-17-23(30)28-14-12-27(13-15-28)22-4-2-3-9-25-22/h2-6,9,16,18H,7-8,10-15,17H2,1H3. The van der Waals surface area contributed by atoms with E-state index in [4.69, 9.17) is 4.74 Å². The molecule has 4 rings (SSSR count). The van der Waals surface area contributed by atoms with Gasteiger partial charge in [0.2, 0.25) is 0 Å². The van der Waals surface area contributed by atoms with E-state index in [1.807, 2.05) is 23.1 Å². The predicted octanol–water partition coefficient (Wildman–Crippen LogP) is 2.73. The average Bonchev–Trinajstić information content (AvgIpc) is 2.88. The third-order valence-electron chi connectivity index (χ3n) is 6.46. The number of ether oxygens (including phenoxy) is 1. The number of esters is 1. The molecule has 1 amide bonds. The molecule has 0 saturated carbocycles. The number of anilines is 2. The quantitative estimate of drug-likeness (QED) is 0.362. The summed E-state index contributed by atoms with van der Waals surface area (Å²) in [4.78, 5) is 46.3. The Balaban J connectivity index is 1.32. The number of benzene rings is 1. The zero-order valence-electron chi connectivity index (χ0n) is 19.3. The number of rotatable bonds is 6. The number of piperazine rings is 1. The van der Waals surface area contributed by atoms with Crippen molar-refractivity contribution >= 4 is 29.1 Å². The molecular formula is C24H29N5O5. The summed E-state index contributed by atoms with van der Waals surface area (Å²) >= 11 is 0. The molecular weight excluding hydrogens is 438 g/mol. The topological polar surface area (TPSA) is 109 Å². The van der Waals surface area contributed by atoms with Gasteiger partial charge in [-0.05, 0) is 43.0 Å². The Morgan fingerprint density at radius 3 is 2.44 bits per heavy atom. The molecule has 2 aromatic rings. The number of amides is 1. The molecule has 2 aliphatic heterocycles. The number of aromatic nitrogens is 1. The van der Waals surface area contributed by atoms with Gasteiger partial charge in [-0.2, -0.15) is 0 Å². The van der Waals surface area contributed by atoms with Crippen molar-refractivity contribution in [2.75, 3.05) is 55.7 Å². The molecule has 0 bridgehead atoms. The molecule has 34 heavy (non-hydrogen) atoms. The first-order chi connectivity index (χ1) is 16.4. The Morgan fingerprint density at radius 2 is 1.79 bits per heavy atom. The fourth-order valence-corrected chi connectivity index (χ4v) is 4.34. The smallest absolute Gasteiger partial charge is 0.338 e. The van der Waals surface area contributed by atoms with Crippen LogP contribution >= 0.6 is 0 Å². The number of carbonyl (C=O) groups excluding carboxylic acids is 2. The minimum atomic E-state index is -0.748. The third-order valence-corrected chi connectivity index (χ3v) is 6.46. The summed E-state index contributed by atoms with van der Waals surface area (Å²) in [6, 6.07) is 10.1. The van der Waals surface area contributed by atoms with Gasteiger partial charge < -0.3 is 19.4 Å². The van der Waals surface area contributed by atoms with E-state index in [1.54, 1.807) is 17.2 Å². The van der Waals surface area contributed by atoms with Crippen LogP contribution in [0.25, 0.3) is 0 Å². The summed E-state index contributed by atoms with van der Waals surface area (Å²) in [7, 11) is 0. The van der Waals surface area contributed by atoms with Gasteiger partial charge in [-0.15, -0.1) is 0 Å². The number of hydrogen-bond acceptors (Lipinski definition) is 8. The summed E-state index contributed by atoms with van der Waals surface area (Å²) < 4.78 is 5.20. The van der Waals surface area contributed by atoms with E-state index in [-0.39, 0.29) is 17.2 Å². The first-order valence-electron chi connectivity index (χ1n) is 11.6. The van der Waals surface area contributed by atoms with Crippen LogP contribution in [0.3, 0.4) is 0 Å². The SMILES string of the molecule is CC1CCN(c2ccc(C(=O)OCC(=O)N3CCN(c4ccccn4)CC3)cc2[N+](=O)[O-])CC1. The molecule has 1 aromatic heterocycles. The van der Waals surface area contributed by atoms with Gasteiger partial charge in [-0.3, -0.25) is 14.9 Å². The van der Waals surface area contributed by atoms with E-state index in [1.165, 1.54) is 12.1 Å². The lowest BCUT2D eigenvalue weighted by molar-refractivity contribution is -0.384. The number of pyridine rings is 1. The van der Waals surface area contributed by atoms with Gasteiger partial charge in [0.1, 0.15) is 11.5 Å². The minimum absolute atomic E-state index is 0.0635. The van der Waals surface area contributed by atoms with Crippen LogP contribution in [0.4, 0.5) is 17.2 Å². The van der Waals surface area contributed by atoms with Crippen LogP contribution in [0, 0.1) is 16.0 Å². The number of nitrogens with zero attached hydrogens (tertiary/aromatic N) is 5. The van der Waals surface area contributed by atoms with Crippen molar-refractivity contribution in [2.45, 2.75) is 19.8 Å². The first-order valence-corrected chi connectivity index (χ1v) is 11.6. The maximum atomic E-state index is 12.5. The van der Waals surface area contributed by atoms with Crippen LogP contribution in [0.15, 0.2) is 42.6 Å². The summed E-state index contributed by atoms with van der Waals surface area (Å²) in [5.41, 5.74) is 0.449. The summed E-state index contributed by atoms with van der Waals surface area (Å²) in [6.07, 6.45) is 3.68. The fraction of sp³-hybridized carbons (Fsp3) is 0.458. The maximum absolute atomic E-state index is 12.5. The summed E-state index contributed by atoms with van der Waals surface area (Å²) in [5.74, 6) is 0.426. The number of nitro groups is 1. The molecule has 10 heteroatoms. The summed E-state index contributed by atoms with van der Waals surface area (Å²) in [6.45, 7) is 5.54. The van der Waals surface area contributed by atoms with E-state index < -0.39 is 17.5 Å². The third kappa shape index (κ3) is 5.44. The predicted molar refractivity (Wildman–Crippen MR) is 127 cm³/mol. The number of carbonyl (C=O) groups is 2. The lowest BCUT2D eigenvalue weighted by atomic mass is 9.98. The number of nitro benzene ring substituents is 1. The minimum Gasteiger partial charge on any atom is -0.452 e. The molecule has 180 valence electrons. The lowest BCUT2D eigenvalue weighted by Crippen LogP contribution is -2.50. The van der Waals surface area contributed by atoms with Gasteiger partial charge >= 0.3 is 5.97 Å².